The van der Waals surface area contributed by atoms with E-state index >= 15 is 0 Å². The molecule has 1 saturated carbocycles. The van der Waals surface area contributed by atoms with Gasteiger partial charge in [0.25, 0.3) is 5.91 Å². The summed E-state index contributed by atoms with van der Waals surface area (Å²) in [6.45, 7) is 0.680. The quantitative estimate of drug-likeness (QED) is 0.900. The lowest BCUT2D eigenvalue weighted by Gasteiger charge is -2.31. The molecule has 2 fully saturated rings. The first kappa shape index (κ1) is 15.6. The number of thiophene rings is 1. The van der Waals surface area contributed by atoms with E-state index in [-0.39, 0.29) is 23.9 Å². The number of nitrogens with zero attached hydrogens (tertiary/aromatic N) is 1. The zero-order valence-electron chi connectivity index (χ0n) is 13.2. The smallest absolute Gasteiger partial charge is 0.264 e. The number of sulfonamides is 1. The molecule has 2 bridgehead atoms. The molecule has 4 rings (SSSR count). The predicted molar refractivity (Wildman–Crippen MR) is 90.3 cm³/mol. The first-order chi connectivity index (χ1) is 10.9. The summed E-state index contributed by atoms with van der Waals surface area (Å²) in [6.07, 6.45) is 7.54. The third-order valence-corrected chi connectivity index (χ3v) is 7.33. The van der Waals surface area contributed by atoms with Gasteiger partial charge >= 0.3 is 0 Å². The first-order valence-electron chi connectivity index (χ1n) is 8.30. The second-order valence-electron chi connectivity index (χ2n) is 7.11. The molecule has 0 aromatic carbocycles. The molecule has 126 valence electrons. The molecule has 1 N–H and O–H groups in total. The number of likely N-dealkylation sites (tertiary alicyclic amines) is 1. The predicted octanol–water partition coefficient (Wildman–Crippen LogP) is 1.78. The maximum Gasteiger partial charge on any atom is 0.264 e. The molecule has 3 aliphatic rings. The maximum absolute atomic E-state index is 12.8. The van der Waals surface area contributed by atoms with Crippen LogP contribution in [0.4, 0.5) is 0 Å². The van der Waals surface area contributed by atoms with E-state index in [1.54, 1.807) is 11.3 Å². The van der Waals surface area contributed by atoms with E-state index in [2.05, 4.69) is 10.8 Å². The largest absolute Gasteiger partial charge is 0.335 e. The number of rotatable bonds is 3. The van der Waals surface area contributed by atoms with Crippen LogP contribution in [0.2, 0.25) is 0 Å². The molecule has 1 amide bonds. The molecule has 1 saturated heterocycles. The highest BCUT2D eigenvalue weighted by molar-refractivity contribution is 7.88. The number of piperidine rings is 1. The summed E-state index contributed by atoms with van der Waals surface area (Å²) in [5.41, 5.74) is 1.37. The van der Waals surface area contributed by atoms with Crippen molar-refractivity contribution in [1.29, 1.82) is 0 Å². The molecule has 7 heteroatoms. The summed E-state index contributed by atoms with van der Waals surface area (Å²) >= 11 is 1.67. The monoisotopic (exact) mass is 354 g/mol. The molecule has 0 spiro atoms. The number of hydrogen-bond donors (Lipinski definition) is 1. The molecule has 1 aromatic rings. The van der Waals surface area contributed by atoms with E-state index in [9.17, 15) is 13.2 Å². The number of amides is 1. The van der Waals surface area contributed by atoms with E-state index in [0.717, 1.165) is 30.6 Å². The lowest BCUT2D eigenvalue weighted by Crippen LogP contribution is -2.47. The van der Waals surface area contributed by atoms with Crippen LogP contribution in [0, 0.1) is 5.92 Å². The van der Waals surface area contributed by atoms with E-state index in [0.29, 0.717) is 6.54 Å². The van der Waals surface area contributed by atoms with Crippen molar-refractivity contribution in [3.05, 3.63) is 21.4 Å². The molecule has 2 aliphatic carbocycles. The van der Waals surface area contributed by atoms with Crippen LogP contribution in [0.25, 0.3) is 0 Å². The molecule has 1 aliphatic heterocycles. The van der Waals surface area contributed by atoms with Crippen LogP contribution in [0.15, 0.2) is 6.07 Å². The molecular formula is C16H22N2O3S2. The Balaban J connectivity index is 1.47. The van der Waals surface area contributed by atoms with Crippen LogP contribution in [0.1, 0.15) is 45.8 Å². The first-order valence-corrected chi connectivity index (χ1v) is 11.0. The number of hydrogen-bond acceptors (Lipinski definition) is 4. The zero-order valence-corrected chi connectivity index (χ0v) is 14.9. The lowest BCUT2D eigenvalue weighted by molar-refractivity contribution is 0.0696. The van der Waals surface area contributed by atoms with E-state index in [1.807, 2.05) is 4.90 Å². The van der Waals surface area contributed by atoms with Gasteiger partial charge in [-0.3, -0.25) is 4.79 Å². The van der Waals surface area contributed by atoms with E-state index in [1.165, 1.54) is 29.5 Å². The van der Waals surface area contributed by atoms with Crippen LogP contribution < -0.4 is 4.72 Å². The fourth-order valence-corrected chi connectivity index (χ4v) is 6.41. The highest BCUT2D eigenvalue weighted by Crippen LogP contribution is 2.40. The van der Waals surface area contributed by atoms with Crippen molar-refractivity contribution in [2.45, 2.75) is 50.6 Å². The number of fused-ring (bicyclic) bond motifs is 3. The Kier molecular flexibility index (Phi) is 3.77. The summed E-state index contributed by atoms with van der Waals surface area (Å²) in [6, 6.07) is 2.28. The maximum atomic E-state index is 12.8. The van der Waals surface area contributed by atoms with Gasteiger partial charge in [0, 0.05) is 23.5 Å². The van der Waals surface area contributed by atoms with Crippen LogP contribution in [-0.4, -0.2) is 44.1 Å². The number of nitrogens with one attached hydrogen (secondary N) is 1. The molecule has 23 heavy (non-hydrogen) atoms. The van der Waals surface area contributed by atoms with Gasteiger partial charge in [0.2, 0.25) is 10.0 Å². The number of aryl methyl sites for hydroxylation is 2. The van der Waals surface area contributed by atoms with Crippen molar-refractivity contribution < 1.29 is 13.2 Å². The second kappa shape index (κ2) is 5.57. The topological polar surface area (TPSA) is 66.5 Å². The van der Waals surface area contributed by atoms with E-state index in [4.69, 9.17) is 0 Å². The van der Waals surface area contributed by atoms with Gasteiger partial charge in [-0.25, -0.2) is 13.1 Å². The molecular weight excluding hydrogens is 332 g/mol. The van der Waals surface area contributed by atoms with Crippen molar-refractivity contribution in [3.63, 3.8) is 0 Å². The molecule has 1 aromatic heterocycles. The average molecular weight is 354 g/mol. The lowest BCUT2D eigenvalue weighted by atomic mass is 9.99. The fraction of sp³-hybridized carbons (Fsp3) is 0.688. The minimum absolute atomic E-state index is 0.00408. The van der Waals surface area contributed by atoms with Crippen molar-refractivity contribution in [2.75, 3.05) is 12.8 Å². The molecule has 0 radical (unpaired) electrons. The van der Waals surface area contributed by atoms with Crippen LogP contribution in [0.5, 0.6) is 0 Å². The summed E-state index contributed by atoms with van der Waals surface area (Å²) in [5.74, 6) is 0.406. The van der Waals surface area contributed by atoms with Crippen LogP contribution >= 0.6 is 11.3 Å². The number of carbonyl (C=O) groups is 1. The van der Waals surface area contributed by atoms with Crippen molar-refractivity contribution in [1.82, 2.24) is 9.62 Å². The molecule has 3 unspecified atom stereocenters. The molecule has 2 heterocycles. The third kappa shape index (κ3) is 2.94. The summed E-state index contributed by atoms with van der Waals surface area (Å²) in [7, 11) is -3.17. The van der Waals surface area contributed by atoms with E-state index < -0.39 is 10.0 Å². The number of carbonyl (C=O) groups excluding carboxylic acids is 1. The van der Waals surface area contributed by atoms with Gasteiger partial charge in [-0.1, -0.05) is 0 Å². The minimum atomic E-state index is -3.17. The van der Waals surface area contributed by atoms with Crippen LogP contribution in [0.3, 0.4) is 0 Å². The van der Waals surface area contributed by atoms with Gasteiger partial charge < -0.3 is 4.90 Å². The Morgan fingerprint density at radius 2 is 2.09 bits per heavy atom. The SMILES string of the molecule is CS(=O)(=O)NC1CC2CC1CN2C(=O)c1cc2c(s1)CCCC2. The Hall–Kier alpha value is -0.920. The van der Waals surface area contributed by atoms with Gasteiger partial charge in [0.05, 0.1) is 11.1 Å². The highest BCUT2D eigenvalue weighted by Gasteiger charge is 2.47. The molecule has 3 atom stereocenters. The Morgan fingerprint density at radius 3 is 2.74 bits per heavy atom. The zero-order chi connectivity index (χ0) is 16.2. The van der Waals surface area contributed by atoms with Crippen molar-refractivity contribution >= 4 is 27.3 Å². The van der Waals surface area contributed by atoms with Crippen molar-refractivity contribution in [3.8, 4) is 0 Å². The van der Waals surface area contributed by atoms with Crippen LogP contribution in [-0.2, 0) is 22.9 Å². The minimum Gasteiger partial charge on any atom is -0.335 e. The average Bonchev–Trinajstić information content (AvgIpc) is 3.17. The third-order valence-electron chi connectivity index (χ3n) is 5.38. The highest BCUT2D eigenvalue weighted by atomic mass is 32.2. The van der Waals surface area contributed by atoms with Gasteiger partial charge in [-0.05, 0) is 56.1 Å². The Labute approximate surface area is 141 Å². The van der Waals surface area contributed by atoms with Crippen molar-refractivity contribution in [2.24, 2.45) is 5.92 Å². The Morgan fingerprint density at radius 1 is 1.30 bits per heavy atom. The summed E-state index contributed by atoms with van der Waals surface area (Å²) < 4.78 is 25.6. The van der Waals surface area contributed by atoms with Gasteiger partial charge in [0.1, 0.15) is 0 Å². The normalized spacial score (nSPS) is 29.8. The standard InChI is InChI=1S/C16H22N2O3S2/c1-23(20,21)17-13-8-12-6-11(13)9-18(12)16(19)15-7-10-4-2-3-5-14(10)22-15/h7,11-13,17H,2-6,8-9H2,1H3. The Bertz CT molecular complexity index is 717. The molecule has 5 nitrogen and oxygen atoms in total. The summed E-state index contributed by atoms with van der Waals surface area (Å²) in [5, 5.41) is 0. The van der Waals surface area contributed by atoms with Gasteiger partial charge in [0.15, 0.2) is 0 Å². The van der Waals surface area contributed by atoms with Gasteiger partial charge in [-0.15, -0.1) is 11.3 Å². The summed E-state index contributed by atoms with van der Waals surface area (Å²) in [4.78, 5) is 17.1. The second-order valence-corrected chi connectivity index (χ2v) is 10.0. The fourth-order valence-electron chi connectivity index (χ4n) is 4.36. The van der Waals surface area contributed by atoms with Gasteiger partial charge in [-0.2, -0.15) is 0 Å².